The van der Waals surface area contributed by atoms with Crippen LogP contribution < -0.4 is 18.9 Å². The van der Waals surface area contributed by atoms with Crippen molar-refractivity contribution >= 4 is 17.3 Å². The van der Waals surface area contributed by atoms with Gasteiger partial charge in [0.25, 0.3) is 0 Å². The van der Waals surface area contributed by atoms with E-state index in [9.17, 15) is 14.4 Å². The van der Waals surface area contributed by atoms with Crippen LogP contribution in [0.15, 0.2) is 243 Å². The van der Waals surface area contributed by atoms with Crippen molar-refractivity contribution in [1.29, 1.82) is 0 Å². The van der Waals surface area contributed by atoms with Gasteiger partial charge in [0.15, 0.2) is 17.3 Å². The molecule has 0 saturated heterocycles. The molecule has 0 N–H and O–H groups in total. The maximum absolute atomic E-state index is 13.1. The van der Waals surface area contributed by atoms with Crippen LogP contribution in [0.3, 0.4) is 0 Å². The number of ether oxygens (including phenoxy) is 4. The van der Waals surface area contributed by atoms with Crippen LogP contribution in [-0.4, -0.2) is 17.3 Å². The van der Waals surface area contributed by atoms with Crippen molar-refractivity contribution in [3.8, 4) is 46.0 Å². The molecule has 0 heterocycles. The van der Waals surface area contributed by atoms with Crippen molar-refractivity contribution < 1.29 is 33.3 Å². The number of benzene rings is 9. The van der Waals surface area contributed by atoms with Gasteiger partial charge in [-0.25, -0.2) is 0 Å². The highest BCUT2D eigenvalue weighted by Gasteiger charge is 2.15. The molecule has 0 bridgehead atoms. The number of ketones is 3. The largest absolute Gasteiger partial charge is 0.457 e. The van der Waals surface area contributed by atoms with Crippen LogP contribution in [-0.2, 0) is 0 Å². The van der Waals surface area contributed by atoms with Gasteiger partial charge in [-0.1, -0.05) is 91.0 Å². The van der Waals surface area contributed by atoms with Gasteiger partial charge in [0.2, 0.25) is 0 Å². The van der Waals surface area contributed by atoms with Gasteiger partial charge in [0, 0.05) is 33.4 Å². The Morgan fingerprint density at radius 3 is 0.641 bits per heavy atom. The molecule has 0 radical (unpaired) electrons. The Bertz CT molecular complexity index is 2720. The molecule has 0 amide bonds. The van der Waals surface area contributed by atoms with Crippen LogP contribution in [0.25, 0.3) is 0 Å². The fourth-order valence-corrected chi connectivity index (χ4v) is 6.50. The fraction of sp³-hybridized carbons (Fsp3) is 0. The molecule has 0 aliphatic carbocycles. The molecule has 9 aromatic carbocycles. The normalized spacial score (nSPS) is 10.4. The van der Waals surface area contributed by atoms with Gasteiger partial charge in [-0.15, -0.1) is 0 Å². The molecule has 7 heteroatoms. The molecule has 9 aromatic rings. The number of carbonyl (C=O) groups is 3. The van der Waals surface area contributed by atoms with Crippen LogP contribution in [0.4, 0.5) is 0 Å². The number of para-hydroxylation sites is 4. The Hall–Kier alpha value is -8.81. The Labute approximate surface area is 371 Å². The van der Waals surface area contributed by atoms with E-state index in [1.165, 1.54) is 0 Å². The summed E-state index contributed by atoms with van der Waals surface area (Å²) >= 11 is 0. The molecule has 9 rings (SSSR count). The fourth-order valence-electron chi connectivity index (χ4n) is 6.50. The van der Waals surface area contributed by atoms with E-state index in [1.54, 1.807) is 121 Å². The van der Waals surface area contributed by atoms with Gasteiger partial charge in [-0.2, -0.15) is 0 Å². The van der Waals surface area contributed by atoms with Crippen molar-refractivity contribution in [3.63, 3.8) is 0 Å². The minimum atomic E-state index is -0.164. The minimum Gasteiger partial charge on any atom is -0.457 e. The molecule has 0 saturated carbocycles. The minimum absolute atomic E-state index is 0.0440. The summed E-state index contributed by atoms with van der Waals surface area (Å²) in [6, 6.07) is 73.0. The molecule has 0 fully saturated rings. The summed E-state index contributed by atoms with van der Waals surface area (Å²) in [5, 5.41) is 0. The molecule has 64 heavy (non-hydrogen) atoms. The lowest BCUT2D eigenvalue weighted by atomic mass is 9.97. The summed E-state index contributed by atoms with van der Waals surface area (Å²) in [7, 11) is 0. The van der Waals surface area contributed by atoms with E-state index in [2.05, 4.69) is 0 Å². The maximum Gasteiger partial charge on any atom is 0.193 e. The monoisotopic (exact) mass is 836 g/mol. The van der Waals surface area contributed by atoms with Crippen LogP contribution >= 0.6 is 0 Å². The molecule has 0 aliphatic heterocycles. The summed E-state index contributed by atoms with van der Waals surface area (Å²) in [6.07, 6.45) is 0. The second-order valence-electron chi connectivity index (χ2n) is 14.3. The Kier molecular flexibility index (Phi) is 13.5. The predicted molar refractivity (Wildman–Crippen MR) is 249 cm³/mol. The predicted octanol–water partition coefficient (Wildman–Crippen LogP) is 14.2. The van der Waals surface area contributed by atoms with Gasteiger partial charge in [-0.3, -0.25) is 14.4 Å². The van der Waals surface area contributed by atoms with Gasteiger partial charge in [0.1, 0.15) is 46.0 Å². The summed E-state index contributed by atoms with van der Waals surface area (Å²) in [5.41, 5.74) is 3.14. The average Bonchev–Trinajstić information content (AvgIpc) is 3.36. The van der Waals surface area contributed by atoms with E-state index in [1.807, 2.05) is 121 Å². The zero-order valence-corrected chi connectivity index (χ0v) is 34.5. The first-order valence-electron chi connectivity index (χ1n) is 20.5. The van der Waals surface area contributed by atoms with Crippen molar-refractivity contribution in [2.45, 2.75) is 0 Å². The summed E-state index contributed by atoms with van der Waals surface area (Å²) in [6.45, 7) is 0. The molecule has 0 atom stereocenters. The summed E-state index contributed by atoms with van der Waals surface area (Å²) in [4.78, 5) is 38.9. The zero-order valence-electron chi connectivity index (χ0n) is 34.5. The Morgan fingerprint density at radius 2 is 0.406 bits per heavy atom. The van der Waals surface area contributed by atoms with E-state index in [0.717, 1.165) is 23.0 Å². The third kappa shape index (κ3) is 11.3. The average molecular weight is 837 g/mol. The van der Waals surface area contributed by atoms with E-state index in [4.69, 9.17) is 18.9 Å². The molecule has 0 unspecified atom stereocenters. The quantitative estimate of drug-likeness (QED) is 0.101. The lowest BCUT2D eigenvalue weighted by Crippen LogP contribution is -2.06. The second kappa shape index (κ2) is 20.6. The Balaban J connectivity index is 0.000000181. The standard InChI is InChI=1S/C32H22O4.C25H18O3/c33-31(23-14-18-29(19-15-23)35-27-10-3-1-4-11-27)25-8-7-9-26(22-25)32(34)24-16-20-30(21-17-24)36-28-12-5-2-6-13-28;26-25(19-11-15-23(16-12-19)27-21-7-3-1-4-8-21)20-13-17-24(18-14-20)28-22-9-5-2-6-10-22/h1-22H;1-18H. The van der Waals surface area contributed by atoms with E-state index < -0.39 is 0 Å². The second-order valence-corrected chi connectivity index (χ2v) is 14.3. The number of rotatable bonds is 14. The lowest BCUT2D eigenvalue weighted by Gasteiger charge is -2.08. The van der Waals surface area contributed by atoms with Crippen LogP contribution in [0.1, 0.15) is 47.8 Å². The van der Waals surface area contributed by atoms with Crippen molar-refractivity contribution in [2.75, 3.05) is 0 Å². The van der Waals surface area contributed by atoms with E-state index in [-0.39, 0.29) is 17.3 Å². The summed E-state index contributed by atoms with van der Waals surface area (Å²) in [5.74, 6) is 5.25. The molecule has 310 valence electrons. The first kappa shape index (κ1) is 41.9. The number of hydrogen-bond donors (Lipinski definition) is 0. The van der Waals surface area contributed by atoms with Gasteiger partial charge in [-0.05, 0) is 152 Å². The zero-order chi connectivity index (χ0) is 43.9. The smallest absolute Gasteiger partial charge is 0.193 e. The van der Waals surface area contributed by atoms with Crippen molar-refractivity contribution in [3.05, 3.63) is 276 Å². The molecule has 0 aliphatic rings. The van der Waals surface area contributed by atoms with Gasteiger partial charge in [0.05, 0.1) is 0 Å². The molecule has 0 spiro atoms. The number of hydrogen-bond acceptors (Lipinski definition) is 7. The highest BCUT2D eigenvalue weighted by atomic mass is 16.5. The van der Waals surface area contributed by atoms with Crippen LogP contribution in [0.5, 0.6) is 46.0 Å². The van der Waals surface area contributed by atoms with Crippen molar-refractivity contribution in [2.24, 2.45) is 0 Å². The Morgan fingerprint density at radius 1 is 0.203 bits per heavy atom. The highest BCUT2D eigenvalue weighted by molar-refractivity contribution is 6.13. The topological polar surface area (TPSA) is 88.1 Å². The molecular formula is C57H40O7. The molecule has 0 aromatic heterocycles. The van der Waals surface area contributed by atoms with E-state index >= 15 is 0 Å². The van der Waals surface area contributed by atoms with Crippen LogP contribution in [0, 0.1) is 0 Å². The maximum atomic E-state index is 13.1. The van der Waals surface area contributed by atoms with Gasteiger partial charge < -0.3 is 18.9 Å². The first-order valence-corrected chi connectivity index (χ1v) is 20.5. The van der Waals surface area contributed by atoms with Crippen molar-refractivity contribution in [1.82, 2.24) is 0 Å². The third-order valence-electron chi connectivity index (χ3n) is 9.77. The third-order valence-corrected chi connectivity index (χ3v) is 9.77. The number of carbonyl (C=O) groups excluding carboxylic acids is 3. The van der Waals surface area contributed by atoms with E-state index in [0.29, 0.717) is 56.4 Å². The van der Waals surface area contributed by atoms with Crippen LogP contribution in [0.2, 0.25) is 0 Å². The van der Waals surface area contributed by atoms with Gasteiger partial charge >= 0.3 is 0 Å². The molecule has 7 nitrogen and oxygen atoms in total. The highest BCUT2D eigenvalue weighted by Crippen LogP contribution is 2.27. The lowest BCUT2D eigenvalue weighted by molar-refractivity contribution is 0.102. The summed E-state index contributed by atoms with van der Waals surface area (Å²) < 4.78 is 23.1. The molecular weight excluding hydrogens is 797 g/mol. The first-order chi connectivity index (χ1) is 31.4. The SMILES string of the molecule is O=C(c1ccc(Oc2ccccc2)cc1)c1ccc(Oc2ccccc2)cc1.O=C(c1ccc(Oc2ccccc2)cc1)c1cccc(C(=O)c2ccc(Oc3ccccc3)cc2)c1.